The van der Waals surface area contributed by atoms with Gasteiger partial charge in [-0.15, -0.1) is 0 Å². The first-order chi connectivity index (χ1) is 20.3. The molecule has 1 N–H and O–H groups in total. The molecule has 2 unspecified atom stereocenters. The van der Waals surface area contributed by atoms with E-state index in [9.17, 15) is 24.0 Å². The summed E-state index contributed by atoms with van der Waals surface area (Å²) in [6.45, 7) is 9.85. The molecule has 0 spiro atoms. The largest absolute Gasteiger partial charge is 0.496 e. The lowest BCUT2D eigenvalue weighted by molar-refractivity contribution is -0.129. The highest BCUT2D eigenvalue weighted by Gasteiger charge is 2.36. The fraction of sp³-hybridized carbons (Fsp3) is 0.433. The Morgan fingerprint density at radius 2 is 1.98 bits per heavy atom. The van der Waals surface area contributed by atoms with Crippen molar-refractivity contribution < 1.29 is 18.7 Å². The smallest absolute Gasteiger partial charge is 0.333 e. The van der Waals surface area contributed by atoms with Crippen LogP contribution in [0, 0.1) is 30.0 Å². The number of benzene rings is 1. The van der Waals surface area contributed by atoms with E-state index in [2.05, 4.69) is 16.5 Å². The van der Waals surface area contributed by atoms with Crippen LogP contribution in [-0.2, 0) is 21.6 Å². The summed E-state index contributed by atoms with van der Waals surface area (Å²) in [5, 5.41) is 17.4. The minimum Gasteiger partial charge on any atom is -0.496 e. The standard InChI is InChI=1S/C30H35FN6O5S/c1-17(2)34-28(39)30(5,6)37-25(38)24-19(4)26(36-12-8-11-33-36)43-27(24)35(29(37)40)15-23(42-16-18(3)14-32)21-13-20(31)9-10-22(21)41-7/h8-13,17-18,23H,15-16H2,1-7H3,(H,34,39). The lowest BCUT2D eigenvalue weighted by atomic mass is 10.0. The zero-order valence-corrected chi connectivity index (χ0v) is 26.0. The van der Waals surface area contributed by atoms with Gasteiger partial charge in [-0.1, -0.05) is 11.3 Å². The van der Waals surface area contributed by atoms with Crippen molar-refractivity contribution in [1.82, 2.24) is 24.2 Å². The molecule has 228 valence electrons. The van der Waals surface area contributed by atoms with Gasteiger partial charge in [0.05, 0.1) is 37.6 Å². The minimum absolute atomic E-state index is 0.0113. The van der Waals surface area contributed by atoms with Crippen LogP contribution in [0.3, 0.4) is 0 Å². The van der Waals surface area contributed by atoms with E-state index in [-0.39, 0.29) is 24.6 Å². The highest BCUT2D eigenvalue weighted by Crippen LogP contribution is 2.34. The van der Waals surface area contributed by atoms with Crippen molar-refractivity contribution in [3.8, 4) is 16.8 Å². The lowest BCUT2D eigenvalue weighted by Gasteiger charge is -2.28. The number of nitrogens with one attached hydrogen (secondary N) is 1. The molecule has 0 bridgehead atoms. The first-order valence-electron chi connectivity index (χ1n) is 13.8. The maximum Gasteiger partial charge on any atom is 0.333 e. The van der Waals surface area contributed by atoms with Crippen LogP contribution in [0.5, 0.6) is 5.75 Å². The number of aryl methyl sites for hydroxylation is 1. The van der Waals surface area contributed by atoms with E-state index in [0.717, 1.165) is 4.57 Å². The van der Waals surface area contributed by atoms with Gasteiger partial charge in [-0.3, -0.25) is 14.2 Å². The van der Waals surface area contributed by atoms with Gasteiger partial charge < -0.3 is 14.8 Å². The number of rotatable bonds is 11. The van der Waals surface area contributed by atoms with Gasteiger partial charge in [0, 0.05) is 29.6 Å². The zero-order chi connectivity index (χ0) is 31.6. The predicted molar refractivity (Wildman–Crippen MR) is 161 cm³/mol. The number of methoxy groups -OCH3 is 1. The van der Waals surface area contributed by atoms with Crippen molar-refractivity contribution in [3.63, 3.8) is 0 Å². The maximum atomic E-state index is 14.5. The molecule has 0 aliphatic heterocycles. The number of aromatic nitrogens is 4. The molecule has 2 atom stereocenters. The number of nitrogens with zero attached hydrogens (tertiary/aromatic N) is 5. The van der Waals surface area contributed by atoms with E-state index >= 15 is 0 Å². The average molecular weight is 611 g/mol. The summed E-state index contributed by atoms with van der Waals surface area (Å²) in [7, 11) is 1.44. The molecule has 13 heteroatoms. The van der Waals surface area contributed by atoms with Crippen molar-refractivity contribution in [2.75, 3.05) is 13.7 Å². The summed E-state index contributed by atoms with van der Waals surface area (Å²) in [5.41, 5.74) is -2.03. The number of fused-ring (bicyclic) bond motifs is 1. The fourth-order valence-electron chi connectivity index (χ4n) is 4.80. The Bertz CT molecular complexity index is 1800. The second-order valence-electron chi connectivity index (χ2n) is 11.1. The van der Waals surface area contributed by atoms with Crippen LogP contribution in [0.25, 0.3) is 15.2 Å². The first-order valence-corrected chi connectivity index (χ1v) is 14.6. The molecule has 0 aliphatic rings. The minimum atomic E-state index is -1.57. The van der Waals surface area contributed by atoms with E-state index in [1.54, 1.807) is 50.8 Å². The Morgan fingerprint density at radius 3 is 2.58 bits per heavy atom. The number of carbonyl (C=O) groups excluding carboxylic acids is 1. The lowest BCUT2D eigenvalue weighted by Crippen LogP contribution is -2.56. The topological polar surface area (TPSA) is 133 Å². The van der Waals surface area contributed by atoms with Crippen LogP contribution < -0.4 is 21.3 Å². The summed E-state index contributed by atoms with van der Waals surface area (Å²) < 4.78 is 30.1. The van der Waals surface area contributed by atoms with Gasteiger partial charge in [0.15, 0.2) is 0 Å². The Labute approximate surface area is 252 Å². The van der Waals surface area contributed by atoms with Gasteiger partial charge in [-0.2, -0.15) is 10.4 Å². The first kappa shape index (κ1) is 31.7. The molecule has 0 aliphatic carbocycles. The molecule has 0 saturated carbocycles. The molecule has 11 nitrogen and oxygen atoms in total. The normalized spacial score (nSPS) is 13.2. The Morgan fingerprint density at radius 1 is 1.26 bits per heavy atom. The Hall–Kier alpha value is -4.28. The van der Waals surface area contributed by atoms with Crippen LogP contribution in [-0.4, -0.2) is 44.6 Å². The van der Waals surface area contributed by atoms with Gasteiger partial charge in [-0.05, 0) is 65.8 Å². The number of carbonyl (C=O) groups is 1. The third-order valence-electron chi connectivity index (χ3n) is 7.09. The molecule has 4 rings (SSSR count). The highest BCUT2D eigenvalue weighted by molar-refractivity contribution is 7.21. The van der Waals surface area contributed by atoms with Crippen molar-refractivity contribution in [2.45, 2.75) is 65.8 Å². The average Bonchev–Trinajstić information content (AvgIpc) is 3.60. The molecule has 1 aromatic carbocycles. The summed E-state index contributed by atoms with van der Waals surface area (Å²) >= 11 is 1.19. The quantitative estimate of drug-likeness (QED) is 0.271. The molecule has 43 heavy (non-hydrogen) atoms. The van der Waals surface area contributed by atoms with E-state index in [1.807, 2.05) is 0 Å². The van der Waals surface area contributed by atoms with Crippen molar-refractivity contribution in [2.24, 2.45) is 5.92 Å². The Balaban J connectivity index is 2.03. The molecule has 0 saturated heterocycles. The van der Waals surface area contributed by atoms with Crippen molar-refractivity contribution >= 4 is 27.5 Å². The Kier molecular flexibility index (Phi) is 9.22. The number of amides is 1. The van der Waals surface area contributed by atoms with Gasteiger partial charge >= 0.3 is 5.69 Å². The van der Waals surface area contributed by atoms with Crippen LogP contribution in [0.2, 0.25) is 0 Å². The highest BCUT2D eigenvalue weighted by atomic mass is 32.1. The molecule has 0 fully saturated rings. The number of thiophene rings is 1. The second-order valence-corrected chi connectivity index (χ2v) is 12.1. The van der Waals surface area contributed by atoms with Crippen LogP contribution in [0.4, 0.5) is 4.39 Å². The molecular formula is C30H35FN6O5S. The molecule has 0 radical (unpaired) electrons. The van der Waals surface area contributed by atoms with E-state index in [0.29, 0.717) is 26.7 Å². The van der Waals surface area contributed by atoms with Gasteiger partial charge in [0.2, 0.25) is 5.91 Å². The van der Waals surface area contributed by atoms with Crippen LogP contribution in [0.1, 0.15) is 51.8 Å². The SMILES string of the molecule is COc1ccc(F)cc1C(Cn1c(=O)n(C(C)(C)C(=O)NC(C)C)c(=O)c2c(C)c(-n3cccn3)sc21)OCC(C)C#N. The monoisotopic (exact) mass is 610 g/mol. The summed E-state index contributed by atoms with van der Waals surface area (Å²) in [6, 6.07) is 7.58. The van der Waals surface area contributed by atoms with E-state index in [1.165, 1.54) is 55.1 Å². The number of hydrogen-bond acceptors (Lipinski definition) is 8. The summed E-state index contributed by atoms with van der Waals surface area (Å²) in [5.74, 6) is -1.22. The van der Waals surface area contributed by atoms with Crippen molar-refractivity contribution in [3.05, 3.63) is 74.4 Å². The van der Waals surface area contributed by atoms with Crippen LogP contribution in [0.15, 0.2) is 46.2 Å². The molecule has 3 aromatic heterocycles. The maximum absolute atomic E-state index is 14.5. The number of ether oxygens (including phenoxy) is 2. The number of halogens is 1. The van der Waals surface area contributed by atoms with Crippen molar-refractivity contribution in [1.29, 1.82) is 5.26 Å². The van der Waals surface area contributed by atoms with Gasteiger partial charge in [-0.25, -0.2) is 18.4 Å². The molecule has 3 heterocycles. The summed E-state index contributed by atoms with van der Waals surface area (Å²) in [6.07, 6.45) is 2.37. The van der Waals surface area contributed by atoms with Gasteiger partial charge in [0.25, 0.3) is 5.56 Å². The summed E-state index contributed by atoms with van der Waals surface area (Å²) in [4.78, 5) is 42.1. The predicted octanol–water partition coefficient (Wildman–Crippen LogP) is 4.04. The molecule has 4 aromatic rings. The fourth-order valence-corrected chi connectivity index (χ4v) is 6.04. The number of hydrogen-bond donors (Lipinski definition) is 1. The second kappa shape index (κ2) is 12.5. The zero-order valence-electron chi connectivity index (χ0n) is 25.2. The van der Waals surface area contributed by atoms with Gasteiger partial charge in [0.1, 0.15) is 33.0 Å². The third kappa shape index (κ3) is 6.11. The van der Waals surface area contributed by atoms with E-state index in [4.69, 9.17) is 9.47 Å². The number of nitriles is 1. The third-order valence-corrected chi connectivity index (χ3v) is 8.39. The molecule has 1 amide bonds. The molecular weight excluding hydrogens is 575 g/mol. The van der Waals surface area contributed by atoms with Crippen LogP contribution >= 0.6 is 11.3 Å². The van der Waals surface area contributed by atoms with E-state index < -0.39 is 40.5 Å².